The molecule has 0 aliphatic carbocycles. The van der Waals surface area contributed by atoms with E-state index in [4.69, 9.17) is 11.6 Å². The predicted molar refractivity (Wildman–Crippen MR) is 101 cm³/mol. The summed E-state index contributed by atoms with van der Waals surface area (Å²) >= 11 is 6.04. The number of nitrogens with one attached hydrogen (secondary N) is 2. The first kappa shape index (κ1) is 17.8. The molecule has 2 aromatic carbocycles. The third-order valence-corrected chi connectivity index (χ3v) is 3.93. The molecule has 2 N–H and O–H groups in total. The van der Waals surface area contributed by atoms with E-state index in [1.807, 2.05) is 68.4 Å². The van der Waals surface area contributed by atoms with E-state index >= 15 is 0 Å². The van der Waals surface area contributed by atoms with Gasteiger partial charge in [-0.1, -0.05) is 29.8 Å². The second kappa shape index (κ2) is 8.36. The molecule has 0 saturated heterocycles. The van der Waals surface area contributed by atoms with Crippen LogP contribution in [-0.4, -0.2) is 32.8 Å². The van der Waals surface area contributed by atoms with E-state index in [0.29, 0.717) is 5.02 Å². The summed E-state index contributed by atoms with van der Waals surface area (Å²) in [6.07, 6.45) is 1.61. The van der Waals surface area contributed by atoms with E-state index in [1.54, 1.807) is 6.21 Å². The normalized spacial score (nSPS) is 10.7. The molecule has 0 atom stereocenters. The molecule has 24 heavy (non-hydrogen) atoms. The quantitative estimate of drug-likeness (QED) is 0.624. The highest BCUT2D eigenvalue weighted by Crippen LogP contribution is 2.22. The first-order chi connectivity index (χ1) is 11.5. The number of nitrogens with zero attached hydrogens (tertiary/aromatic N) is 2. The Morgan fingerprint density at radius 1 is 1.21 bits per heavy atom. The zero-order valence-corrected chi connectivity index (χ0v) is 14.8. The predicted octanol–water partition coefficient (Wildman–Crippen LogP) is 3.28. The highest BCUT2D eigenvalue weighted by molar-refractivity contribution is 6.31. The summed E-state index contributed by atoms with van der Waals surface area (Å²) in [4.78, 5) is 13.8. The average Bonchev–Trinajstić information content (AvgIpc) is 2.56. The summed E-state index contributed by atoms with van der Waals surface area (Å²) in [7, 11) is 3.97. The number of hydrogen-bond acceptors (Lipinski definition) is 4. The van der Waals surface area contributed by atoms with Crippen LogP contribution in [0.5, 0.6) is 0 Å². The standard InChI is InChI=1S/C18H21ClN4O/c1-13-16(19)5-4-6-17(13)20-12-18(24)22-21-11-14-7-9-15(10-8-14)23(2)3/h4-11,20H,12H2,1-3H3,(H,22,24)/b21-11-. The van der Waals surface area contributed by atoms with Crippen LogP contribution >= 0.6 is 11.6 Å². The zero-order valence-electron chi connectivity index (χ0n) is 14.0. The Balaban J connectivity index is 1.83. The first-order valence-corrected chi connectivity index (χ1v) is 7.93. The van der Waals surface area contributed by atoms with Gasteiger partial charge in [-0.05, 0) is 42.3 Å². The Hall–Kier alpha value is -2.53. The molecular weight excluding hydrogens is 324 g/mol. The van der Waals surface area contributed by atoms with Crippen molar-refractivity contribution in [3.05, 3.63) is 58.6 Å². The monoisotopic (exact) mass is 344 g/mol. The van der Waals surface area contributed by atoms with Crippen LogP contribution in [0.1, 0.15) is 11.1 Å². The van der Waals surface area contributed by atoms with E-state index in [0.717, 1.165) is 22.5 Å². The number of rotatable bonds is 6. The van der Waals surface area contributed by atoms with Crippen LogP contribution in [0.15, 0.2) is 47.6 Å². The van der Waals surface area contributed by atoms with Gasteiger partial charge >= 0.3 is 0 Å². The smallest absolute Gasteiger partial charge is 0.259 e. The highest BCUT2D eigenvalue weighted by Gasteiger charge is 2.04. The molecule has 0 saturated carbocycles. The number of amides is 1. The van der Waals surface area contributed by atoms with Gasteiger partial charge in [0, 0.05) is 30.5 Å². The maximum absolute atomic E-state index is 11.8. The van der Waals surface area contributed by atoms with Gasteiger partial charge in [-0.3, -0.25) is 4.79 Å². The van der Waals surface area contributed by atoms with Crippen LogP contribution in [0.4, 0.5) is 11.4 Å². The molecule has 0 aromatic heterocycles. The van der Waals surface area contributed by atoms with Gasteiger partial charge in [-0.15, -0.1) is 0 Å². The third-order valence-electron chi connectivity index (χ3n) is 3.52. The number of benzene rings is 2. The molecule has 0 unspecified atom stereocenters. The lowest BCUT2D eigenvalue weighted by atomic mass is 10.2. The maximum atomic E-state index is 11.8. The van der Waals surface area contributed by atoms with Crippen molar-refractivity contribution >= 4 is 35.1 Å². The highest BCUT2D eigenvalue weighted by atomic mass is 35.5. The molecule has 0 fully saturated rings. The Morgan fingerprint density at radius 2 is 1.92 bits per heavy atom. The molecular formula is C18H21ClN4O. The zero-order chi connectivity index (χ0) is 17.5. The molecule has 126 valence electrons. The Labute approximate surface area is 147 Å². The molecule has 2 rings (SSSR count). The lowest BCUT2D eigenvalue weighted by Gasteiger charge is -2.11. The van der Waals surface area contributed by atoms with Gasteiger partial charge in [0.1, 0.15) is 0 Å². The second-order valence-electron chi connectivity index (χ2n) is 5.55. The molecule has 5 nitrogen and oxygen atoms in total. The Kier molecular flexibility index (Phi) is 6.21. The largest absolute Gasteiger partial charge is 0.378 e. The summed E-state index contributed by atoms with van der Waals surface area (Å²) < 4.78 is 0. The number of carbonyl (C=O) groups is 1. The van der Waals surface area contributed by atoms with Crippen LogP contribution in [0.25, 0.3) is 0 Å². The molecule has 0 aliphatic heterocycles. The topological polar surface area (TPSA) is 56.7 Å². The number of hydrogen-bond donors (Lipinski definition) is 2. The van der Waals surface area contributed by atoms with Crippen molar-refractivity contribution in [3.63, 3.8) is 0 Å². The van der Waals surface area contributed by atoms with E-state index in [9.17, 15) is 4.79 Å². The van der Waals surface area contributed by atoms with Crippen molar-refractivity contribution in [1.82, 2.24) is 5.43 Å². The summed E-state index contributed by atoms with van der Waals surface area (Å²) in [5.41, 5.74) is 6.27. The minimum atomic E-state index is -0.226. The fourth-order valence-corrected chi connectivity index (χ4v) is 2.23. The van der Waals surface area contributed by atoms with Crippen molar-refractivity contribution in [2.45, 2.75) is 6.92 Å². The van der Waals surface area contributed by atoms with Gasteiger partial charge in [0.2, 0.25) is 0 Å². The Morgan fingerprint density at radius 3 is 2.58 bits per heavy atom. The molecule has 0 spiro atoms. The van der Waals surface area contributed by atoms with Crippen molar-refractivity contribution < 1.29 is 4.79 Å². The van der Waals surface area contributed by atoms with Gasteiger partial charge in [0.15, 0.2) is 0 Å². The van der Waals surface area contributed by atoms with Crippen LogP contribution in [0.2, 0.25) is 5.02 Å². The molecule has 6 heteroatoms. The summed E-state index contributed by atoms with van der Waals surface area (Å²) in [5.74, 6) is -0.226. The number of carbonyl (C=O) groups excluding carboxylic acids is 1. The van der Waals surface area contributed by atoms with Crippen molar-refractivity contribution in [1.29, 1.82) is 0 Å². The van der Waals surface area contributed by atoms with E-state index < -0.39 is 0 Å². The Bertz CT molecular complexity index is 726. The minimum absolute atomic E-state index is 0.123. The molecule has 0 heterocycles. The fourth-order valence-electron chi connectivity index (χ4n) is 2.05. The van der Waals surface area contributed by atoms with Crippen LogP contribution in [0, 0.1) is 6.92 Å². The van der Waals surface area contributed by atoms with Gasteiger partial charge in [0.25, 0.3) is 5.91 Å². The van der Waals surface area contributed by atoms with Crippen molar-refractivity contribution in [2.75, 3.05) is 30.9 Å². The number of hydrazone groups is 1. The summed E-state index contributed by atoms with van der Waals surface area (Å²) in [5, 5.41) is 7.68. The van der Waals surface area contributed by atoms with E-state index in [2.05, 4.69) is 15.8 Å². The lowest BCUT2D eigenvalue weighted by Crippen LogP contribution is -2.26. The van der Waals surface area contributed by atoms with Crippen LogP contribution < -0.4 is 15.6 Å². The maximum Gasteiger partial charge on any atom is 0.259 e. The van der Waals surface area contributed by atoms with E-state index in [-0.39, 0.29) is 12.5 Å². The average molecular weight is 345 g/mol. The van der Waals surface area contributed by atoms with Gasteiger partial charge in [0.05, 0.1) is 12.8 Å². The molecule has 2 aromatic rings. The lowest BCUT2D eigenvalue weighted by molar-refractivity contribution is -0.119. The molecule has 1 amide bonds. The SMILES string of the molecule is Cc1c(Cl)cccc1NCC(=O)N/N=C\c1ccc(N(C)C)cc1. The van der Waals surface area contributed by atoms with E-state index in [1.165, 1.54) is 0 Å². The van der Waals surface area contributed by atoms with Crippen molar-refractivity contribution in [2.24, 2.45) is 5.10 Å². The van der Waals surface area contributed by atoms with Crippen LogP contribution in [-0.2, 0) is 4.79 Å². The number of halogens is 1. The number of anilines is 2. The van der Waals surface area contributed by atoms with Gasteiger partial charge in [-0.2, -0.15) is 5.10 Å². The van der Waals surface area contributed by atoms with Crippen LogP contribution in [0.3, 0.4) is 0 Å². The van der Waals surface area contributed by atoms with Gasteiger partial charge < -0.3 is 10.2 Å². The summed E-state index contributed by atoms with van der Waals surface area (Å²) in [6, 6.07) is 13.4. The minimum Gasteiger partial charge on any atom is -0.378 e. The fraction of sp³-hybridized carbons (Fsp3) is 0.222. The second-order valence-corrected chi connectivity index (χ2v) is 5.95. The molecule has 0 aliphatic rings. The molecule has 0 radical (unpaired) electrons. The molecule has 0 bridgehead atoms. The summed E-state index contributed by atoms with van der Waals surface area (Å²) in [6.45, 7) is 2.02. The van der Waals surface area contributed by atoms with Gasteiger partial charge in [-0.25, -0.2) is 5.43 Å². The third kappa shape index (κ3) is 4.99. The first-order valence-electron chi connectivity index (χ1n) is 7.55. The van der Waals surface area contributed by atoms with Crippen molar-refractivity contribution in [3.8, 4) is 0 Å².